The fraction of sp³-hybridized carbons (Fsp3) is 0.532. The zero-order valence-corrected chi connectivity index (χ0v) is 43.0. The summed E-state index contributed by atoms with van der Waals surface area (Å²) >= 11 is 0. The maximum absolute atomic E-state index is 12.8. The molecule has 0 aliphatic heterocycles. The van der Waals surface area contributed by atoms with Crippen LogP contribution in [0, 0.1) is 0 Å². The lowest BCUT2D eigenvalue weighted by Gasteiger charge is -2.18. The van der Waals surface area contributed by atoms with Crippen LogP contribution in [0.4, 0.5) is 0 Å². The van der Waals surface area contributed by atoms with E-state index in [0.29, 0.717) is 19.3 Å². The van der Waals surface area contributed by atoms with Gasteiger partial charge in [0, 0.05) is 19.3 Å². The first-order chi connectivity index (χ1) is 33.5. The largest absolute Gasteiger partial charge is 0.462 e. The Morgan fingerprint density at radius 3 is 1.06 bits per heavy atom. The molecule has 0 aromatic heterocycles. The molecule has 0 aliphatic rings. The Bertz CT molecular complexity index is 1590. The van der Waals surface area contributed by atoms with Crippen molar-refractivity contribution in [3.05, 3.63) is 158 Å². The number of unbranched alkanes of at least 4 members (excludes halogenated alkanes) is 11. The molecule has 0 spiro atoms. The van der Waals surface area contributed by atoms with Crippen LogP contribution < -0.4 is 0 Å². The number of carbonyl (C=O) groups excluding carboxylic acids is 3. The highest BCUT2D eigenvalue weighted by Gasteiger charge is 2.19. The fourth-order valence-corrected chi connectivity index (χ4v) is 6.49. The summed E-state index contributed by atoms with van der Waals surface area (Å²) in [5, 5.41) is 0. The quantitative estimate of drug-likeness (QED) is 0.0199. The maximum Gasteiger partial charge on any atom is 0.306 e. The van der Waals surface area contributed by atoms with Gasteiger partial charge < -0.3 is 14.2 Å². The number of hydrogen-bond donors (Lipinski definition) is 0. The summed E-state index contributed by atoms with van der Waals surface area (Å²) in [5.74, 6) is -1.06. The van der Waals surface area contributed by atoms with Crippen LogP contribution in [0.1, 0.15) is 194 Å². The minimum atomic E-state index is -0.842. The summed E-state index contributed by atoms with van der Waals surface area (Å²) in [7, 11) is 0. The van der Waals surface area contributed by atoms with Gasteiger partial charge in [-0.2, -0.15) is 0 Å². The summed E-state index contributed by atoms with van der Waals surface area (Å²) in [5.41, 5.74) is 0. The van der Waals surface area contributed by atoms with Crippen LogP contribution >= 0.6 is 0 Å². The Balaban J connectivity index is 4.58. The van der Waals surface area contributed by atoms with Crippen molar-refractivity contribution in [1.82, 2.24) is 0 Å². The van der Waals surface area contributed by atoms with Gasteiger partial charge in [-0.3, -0.25) is 14.4 Å². The van der Waals surface area contributed by atoms with Crippen LogP contribution in [0.15, 0.2) is 158 Å². The highest BCUT2D eigenvalue weighted by Crippen LogP contribution is 2.12. The Hall–Kier alpha value is -4.97. The van der Waals surface area contributed by atoms with E-state index in [1.54, 1.807) is 0 Å². The molecular formula is C62H94O6. The molecular weight excluding hydrogens is 841 g/mol. The van der Waals surface area contributed by atoms with Gasteiger partial charge in [0.1, 0.15) is 13.2 Å². The van der Waals surface area contributed by atoms with Crippen molar-refractivity contribution in [3.8, 4) is 0 Å². The Labute approximate surface area is 416 Å². The van der Waals surface area contributed by atoms with E-state index in [-0.39, 0.29) is 31.6 Å². The van der Waals surface area contributed by atoms with E-state index in [2.05, 4.69) is 142 Å². The number of carbonyl (C=O) groups is 3. The van der Waals surface area contributed by atoms with Crippen molar-refractivity contribution in [1.29, 1.82) is 0 Å². The summed E-state index contributed by atoms with van der Waals surface area (Å²) in [4.78, 5) is 38.0. The van der Waals surface area contributed by atoms with Crippen LogP contribution in [0.3, 0.4) is 0 Å². The lowest BCUT2D eigenvalue weighted by molar-refractivity contribution is -0.166. The standard InChI is InChI=1S/C62H94O6/c1-4-7-10-13-16-19-22-25-28-30-31-32-35-37-40-43-46-49-52-55-61(64)67-58-59(57-66-60(63)54-51-48-45-42-39-36-33-27-24-21-18-15-12-9-6-3)68-62(65)56-53-50-47-44-41-38-34-29-26-23-20-17-14-11-8-5-2/h7-12,15-21,24-29,31-33,38,41,47,50,59H,4-6,13-14,22-23,30,34-37,39-40,42-46,48-49,51-58H2,1-3H3/b10-7-,11-8-,12-9-,18-15-,19-16-,20-17-,24-21-,28-25-,29-26-,32-31-,33-27-,41-38-,50-47-. The van der Waals surface area contributed by atoms with Gasteiger partial charge in [0.15, 0.2) is 6.10 Å². The molecule has 1 atom stereocenters. The molecule has 0 radical (unpaired) electrons. The number of hydrogen-bond acceptors (Lipinski definition) is 6. The van der Waals surface area contributed by atoms with Crippen LogP contribution in [0.5, 0.6) is 0 Å². The smallest absolute Gasteiger partial charge is 0.306 e. The fourth-order valence-electron chi connectivity index (χ4n) is 6.49. The topological polar surface area (TPSA) is 78.9 Å². The van der Waals surface area contributed by atoms with Gasteiger partial charge >= 0.3 is 17.9 Å². The predicted octanol–water partition coefficient (Wildman–Crippen LogP) is 17.8. The number of allylic oxidation sites excluding steroid dienone is 26. The zero-order chi connectivity index (χ0) is 49.3. The molecule has 0 rings (SSSR count). The Kier molecular flexibility index (Phi) is 50.6. The van der Waals surface area contributed by atoms with E-state index >= 15 is 0 Å². The number of ether oxygens (including phenoxy) is 3. The predicted molar refractivity (Wildman–Crippen MR) is 292 cm³/mol. The molecule has 0 heterocycles. The Morgan fingerprint density at radius 2 is 0.632 bits per heavy atom. The average molecular weight is 935 g/mol. The van der Waals surface area contributed by atoms with Crippen molar-refractivity contribution in [2.24, 2.45) is 0 Å². The molecule has 0 N–H and O–H groups in total. The second-order valence-electron chi connectivity index (χ2n) is 16.7. The van der Waals surface area contributed by atoms with Gasteiger partial charge in [0.05, 0.1) is 0 Å². The number of esters is 3. The van der Waals surface area contributed by atoms with Gasteiger partial charge in [-0.05, 0) is 109 Å². The zero-order valence-electron chi connectivity index (χ0n) is 43.0. The maximum atomic E-state index is 12.8. The van der Waals surface area contributed by atoms with Gasteiger partial charge in [0.2, 0.25) is 0 Å². The molecule has 0 aromatic rings. The molecule has 0 amide bonds. The third-order valence-corrected chi connectivity index (χ3v) is 10.4. The van der Waals surface area contributed by atoms with Gasteiger partial charge in [0.25, 0.3) is 0 Å². The van der Waals surface area contributed by atoms with Crippen molar-refractivity contribution in [2.75, 3.05) is 13.2 Å². The highest BCUT2D eigenvalue weighted by molar-refractivity contribution is 5.71. The van der Waals surface area contributed by atoms with E-state index < -0.39 is 12.1 Å². The van der Waals surface area contributed by atoms with Gasteiger partial charge in [-0.1, -0.05) is 224 Å². The van der Waals surface area contributed by atoms with Crippen LogP contribution in [0.2, 0.25) is 0 Å². The molecule has 0 saturated heterocycles. The minimum Gasteiger partial charge on any atom is -0.462 e. The minimum absolute atomic E-state index is 0.131. The second-order valence-corrected chi connectivity index (χ2v) is 16.7. The van der Waals surface area contributed by atoms with E-state index in [4.69, 9.17) is 14.2 Å². The first-order valence-electron chi connectivity index (χ1n) is 26.5. The molecule has 378 valence electrons. The van der Waals surface area contributed by atoms with Crippen LogP contribution in [-0.2, 0) is 28.6 Å². The second kappa shape index (κ2) is 54.6. The van der Waals surface area contributed by atoms with E-state index in [0.717, 1.165) is 135 Å². The van der Waals surface area contributed by atoms with Crippen molar-refractivity contribution >= 4 is 17.9 Å². The summed E-state index contributed by atoms with van der Waals surface area (Å²) in [6.07, 6.45) is 79.5. The van der Waals surface area contributed by atoms with Crippen molar-refractivity contribution in [3.63, 3.8) is 0 Å². The third kappa shape index (κ3) is 52.0. The summed E-state index contributed by atoms with van der Waals surface area (Å²) in [6, 6.07) is 0. The normalized spacial score (nSPS) is 13.4. The molecule has 0 fully saturated rings. The van der Waals surface area contributed by atoms with Gasteiger partial charge in [-0.25, -0.2) is 0 Å². The summed E-state index contributed by atoms with van der Waals surface area (Å²) in [6.45, 7) is 6.15. The molecule has 1 unspecified atom stereocenters. The average Bonchev–Trinajstić information content (AvgIpc) is 3.34. The van der Waals surface area contributed by atoms with E-state index in [1.165, 1.54) is 12.8 Å². The van der Waals surface area contributed by atoms with Gasteiger partial charge in [-0.15, -0.1) is 0 Å². The molecule has 0 aliphatic carbocycles. The monoisotopic (exact) mass is 935 g/mol. The van der Waals surface area contributed by atoms with Crippen LogP contribution in [-0.4, -0.2) is 37.2 Å². The SMILES string of the molecule is CC\C=C/C=C\C=C/C=C\CCCCCCCC(=O)OCC(COC(=O)CCCCCCCC/C=C\C/C=C\C/C=C\C/C=C\CC)OC(=O)CC/C=C\C/C=C\C/C=C\C/C=C\C/C=C\CC. The summed E-state index contributed by atoms with van der Waals surface area (Å²) < 4.78 is 16.7. The first kappa shape index (κ1) is 63.0. The molecule has 0 saturated carbocycles. The van der Waals surface area contributed by atoms with Crippen molar-refractivity contribution in [2.45, 2.75) is 200 Å². The Morgan fingerprint density at radius 1 is 0.309 bits per heavy atom. The molecule has 6 nitrogen and oxygen atoms in total. The molecule has 68 heavy (non-hydrogen) atoms. The molecule has 0 aromatic carbocycles. The highest BCUT2D eigenvalue weighted by atomic mass is 16.6. The lowest BCUT2D eigenvalue weighted by atomic mass is 10.1. The third-order valence-electron chi connectivity index (χ3n) is 10.4. The molecule has 6 heteroatoms. The number of rotatable bonds is 45. The first-order valence-corrected chi connectivity index (χ1v) is 26.5. The van der Waals surface area contributed by atoms with Crippen molar-refractivity contribution < 1.29 is 28.6 Å². The lowest BCUT2D eigenvalue weighted by Crippen LogP contribution is -2.30. The van der Waals surface area contributed by atoms with E-state index in [1.807, 2.05) is 36.5 Å². The van der Waals surface area contributed by atoms with E-state index in [9.17, 15) is 14.4 Å². The van der Waals surface area contributed by atoms with Crippen LogP contribution in [0.25, 0.3) is 0 Å². The molecule has 0 bridgehead atoms.